The molecule has 1 aliphatic rings. The molecule has 0 aliphatic carbocycles. The lowest BCUT2D eigenvalue weighted by Gasteiger charge is -2.23. The van der Waals surface area contributed by atoms with Crippen molar-refractivity contribution in [1.29, 1.82) is 0 Å². The average molecular weight is 284 g/mol. The Morgan fingerprint density at radius 1 is 1.19 bits per heavy atom. The number of nitrogens with one attached hydrogen (secondary N) is 1. The topological polar surface area (TPSA) is 85.8 Å². The van der Waals surface area contributed by atoms with Gasteiger partial charge in [-0.05, 0) is 32.4 Å². The molecule has 1 atom stereocenters. The smallest absolute Gasteiger partial charge is 0.178 e. The van der Waals surface area contributed by atoms with Gasteiger partial charge in [0, 0.05) is 12.5 Å². The zero-order chi connectivity index (χ0) is 14.4. The van der Waals surface area contributed by atoms with Gasteiger partial charge in [-0.3, -0.25) is 0 Å². The maximum absolute atomic E-state index is 4.53. The maximum atomic E-state index is 4.53. The molecule has 1 unspecified atom stereocenters. The molecule has 1 aliphatic heterocycles. The summed E-state index contributed by atoms with van der Waals surface area (Å²) in [5, 5.41) is 20.5. The van der Waals surface area contributed by atoms with Gasteiger partial charge in [0.25, 0.3) is 0 Å². The molecule has 8 heteroatoms. The molecule has 0 bridgehead atoms. The lowest BCUT2D eigenvalue weighted by molar-refractivity contribution is 0.439. The van der Waals surface area contributed by atoms with Crippen LogP contribution in [0.3, 0.4) is 0 Å². The lowest BCUT2D eigenvalue weighted by Crippen LogP contribution is -2.32. The highest BCUT2D eigenvalue weighted by molar-refractivity contribution is 5.44. The number of fused-ring (bicyclic) bond motifs is 2. The van der Waals surface area contributed by atoms with Crippen LogP contribution in [0.25, 0.3) is 5.65 Å². The highest BCUT2D eigenvalue weighted by Gasteiger charge is 2.21. The summed E-state index contributed by atoms with van der Waals surface area (Å²) in [6, 6.07) is 4.16. The second-order valence-electron chi connectivity index (χ2n) is 5.37. The third kappa shape index (κ3) is 2.12. The molecule has 1 N–H and O–H groups in total. The fraction of sp³-hybridized carbons (Fsp3) is 0.462. The van der Waals surface area contributed by atoms with Crippen LogP contribution in [0.15, 0.2) is 12.1 Å². The number of anilines is 1. The fourth-order valence-electron chi connectivity index (χ4n) is 2.73. The summed E-state index contributed by atoms with van der Waals surface area (Å²) >= 11 is 0. The molecule has 0 amide bonds. The van der Waals surface area contributed by atoms with Gasteiger partial charge in [0.1, 0.15) is 17.5 Å². The number of nitrogens with zero attached hydrogens (tertiary/aromatic N) is 7. The van der Waals surface area contributed by atoms with Crippen molar-refractivity contribution in [2.24, 2.45) is 0 Å². The van der Waals surface area contributed by atoms with E-state index in [4.69, 9.17) is 0 Å². The first-order valence-electron chi connectivity index (χ1n) is 7.05. The second-order valence-corrected chi connectivity index (χ2v) is 5.37. The Morgan fingerprint density at radius 2 is 2.10 bits per heavy atom. The number of rotatable bonds is 2. The quantitative estimate of drug-likeness (QED) is 0.747. The van der Waals surface area contributed by atoms with E-state index >= 15 is 0 Å². The van der Waals surface area contributed by atoms with E-state index < -0.39 is 0 Å². The van der Waals surface area contributed by atoms with E-state index in [2.05, 4.69) is 30.7 Å². The van der Waals surface area contributed by atoms with E-state index in [-0.39, 0.29) is 0 Å². The van der Waals surface area contributed by atoms with Crippen LogP contribution in [0.2, 0.25) is 0 Å². The first-order chi connectivity index (χ1) is 10.2. The van der Waals surface area contributed by atoms with Crippen LogP contribution in [0.5, 0.6) is 0 Å². The summed E-state index contributed by atoms with van der Waals surface area (Å²) in [5.74, 6) is 3.52. The van der Waals surface area contributed by atoms with Gasteiger partial charge in [-0.25, -0.2) is 9.67 Å². The maximum Gasteiger partial charge on any atom is 0.178 e. The van der Waals surface area contributed by atoms with Gasteiger partial charge in [0.2, 0.25) is 0 Å². The monoisotopic (exact) mass is 284 g/mol. The van der Waals surface area contributed by atoms with Crippen molar-refractivity contribution in [3.8, 4) is 0 Å². The molecule has 0 saturated heterocycles. The molecule has 8 nitrogen and oxygen atoms in total. The Bertz CT molecular complexity index is 802. The molecule has 0 saturated carbocycles. The minimum Gasteiger partial charge on any atom is -0.364 e. The molecule has 4 rings (SSSR count). The predicted octanol–water partition coefficient (Wildman–Crippen LogP) is 0.760. The molecular weight excluding hydrogens is 268 g/mol. The molecular formula is C13H16N8. The van der Waals surface area contributed by atoms with Crippen molar-refractivity contribution >= 4 is 11.5 Å². The summed E-state index contributed by atoms with van der Waals surface area (Å²) in [5.41, 5.74) is 0.760. The number of aryl methyl sites for hydroxylation is 3. The van der Waals surface area contributed by atoms with Crippen LogP contribution < -0.4 is 5.32 Å². The first-order valence-corrected chi connectivity index (χ1v) is 7.05. The Kier molecular flexibility index (Phi) is 2.63. The van der Waals surface area contributed by atoms with Crippen LogP contribution >= 0.6 is 0 Å². The van der Waals surface area contributed by atoms with Crippen LogP contribution in [-0.4, -0.2) is 40.6 Å². The molecule has 4 heterocycles. The average Bonchev–Trinajstić information content (AvgIpc) is 3.01. The second kappa shape index (κ2) is 4.51. The van der Waals surface area contributed by atoms with E-state index in [1.165, 1.54) is 0 Å². The molecule has 21 heavy (non-hydrogen) atoms. The van der Waals surface area contributed by atoms with Crippen molar-refractivity contribution in [2.45, 2.75) is 39.3 Å². The molecule has 0 fully saturated rings. The third-order valence-electron chi connectivity index (χ3n) is 3.73. The van der Waals surface area contributed by atoms with Crippen LogP contribution in [0.1, 0.15) is 23.9 Å². The van der Waals surface area contributed by atoms with Gasteiger partial charge in [-0.1, -0.05) is 0 Å². The standard InChI is InChI=1S/C13H16N8/c1-8-14-12-5-3-10(7-20(12)18-8)15-11-4-6-13-17-16-9(2)21(13)19-11/h4,6,10H,3,5,7H2,1-2H3,(H,15,19). The molecule has 3 aromatic rings. The Morgan fingerprint density at radius 3 is 3.00 bits per heavy atom. The van der Waals surface area contributed by atoms with E-state index in [1.54, 1.807) is 4.52 Å². The third-order valence-corrected chi connectivity index (χ3v) is 3.73. The Balaban J connectivity index is 1.56. The number of aromatic nitrogens is 7. The van der Waals surface area contributed by atoms with Crippen molar-refractivity contribution in [3.05, 3.63) is 29.6 Å². The van der Waals surface area contributed by atoms with Crippen molar-refractivity contribution in [3.63, 3.8) is 0 Å². The Hall–Kier alpha value is -2.51. The number of hydrogen-bond donors (Lipinski definition) is 1. The highest BCUT2D eigenvalue weighted by atomic mass is 15.4. The molecule has 0 radical (unpaired) electrons. The molecule has 3 aromatic heterocycles. The summed E-state index contributed by atoms with van der Waals surface area (Å²) < 4.78 is 3.73. The van der Waals surface area contributed by atoms with Crippen LogP contribution in [0, 0.1) is 13.8 Å². The van der Waals surface area contributed by atoms with Gasteiger partial charge in [0.15, 0.2) is 11.5 Å². The Labute approximate surface area is 121 Å². The van der Waals surface area contributed by atoms with Gasteiger partial charge >= 0.3 is 0 Å². The molecule has 0 aromatic carbocycles. The minimum atomic E-state index is 0.306. The summed E-state index contributed by atoms with van der Waals surface area (Å²) in [4.78, 5) is 4.43. The van der Waals surface area contributed by atoms with Gasteiger partial charge in [0.05, 0.1) is 6.54 Å². The first kappa shape index (κ1) is 12.2. The zero-order valence-electron chi connectivity index (χ0n) is 12.0. The van der Waals surface area contributed by atoms with E-state index in [1.807, 2.05) is 30.7 Å². The molecule has 0 spiro atoms. The fourth-order valence-corrected chi connectivity index (χ4v) is 2.73. The van der Waals surface area contributed by atoms with Crippen molar-refractivity contribution in [2.75, 3.05) is 5.32 Å². The molecule has 108 valence electrons. The van der Waals surface area contributed by atoms with Gasteiger partial charge in [-0.15, -0.1) is 15.3 Å². The van der Waals surface area contributed by atoms with Crippen LogP contribution in [-0.2, 0) is 13.0 Å². The largest absolute Gasteiger partial charge is 0.364 e. The van der Waals surface area contributed by atoms with Gasteiger partial charge in [-0.2, -0.15) is 9.61 Å². The SMILES string of the molecule is Cc1nc2n(n1)CC(Nc1ccc3nnc(C)n3n1)CC2. The predicted molar refractivity (Wildman–Crippen MR) is 76.0 cm³/mol. The van der Waals surface area contributed by atoms with Crippen molar-refractivity contribution in [1.82, 2.24) is 34.6 Å². The normalized spacial score (nSPS) is 17.9. The van der Waals surface area contributed by atoms with Crippen LogP contribution in [0.4, 0.5) is 5.82 Å². The van der Waals surface area contributed by atoms with Crippen molar-refractivity contribution < 1.29 is 0 Å². The summed E-state index contributed by atoms with van der Waals surface area (Å²) in [7, 11) is 0. The van der Waals surface area contributed by atoms with Gasteiger partial charge < -0.3 is 5.32 Å². The minimum absolute atomic E-state index is 0.306. The zero-order valence-corrected chi connectivity index (χ0v) is 12.0. The summed E-state index contributed by atoms with van der Waals surface area (Å²) in [6.07, 6.45) is 1.96. The highest BCUT2D eigenvalue weighted by Crippen LogP contribution is 2.17. The van der Waals surface area contributed by atoms with E-state index in [0.717, 1.165) is 48.3 Å². The lowest BCUT2D eigenvalue weighted by atomic mass is 10.1. The summed E-state index contributed by atoms with van der Waals surface area (Å²) in [6.45, 7) is 4.64. The number of hydrogen-bond acceptors (Lipinski definition) is 6. The van der Waals surface area contributed by atoms with E-state index in [9.17, 15) is 0 Å². The van der Waals surface area contributed by atoms with E-state index in [0.29, 0.717) is 6.04 Å².